The highest BCUT2D eigenvalue weighted by molar-refractivity contribution is 6.05. The summed E-state index contributed by atoms with van der Waals surface area (Å²) in [5.74, 6) is 0.878. The van der Waals surface area contributed by atoms with E-state index in [9.17, 15) is 4.79 Å². The average Bonchev–Trinajstić information content (AvgIpc) is 3.01. The van der Waals surface area contributed by atoms with Crippen molar-refractivity contribution in [2.24, 2.45) is 0 Å². The summed E-state index contributed by atoms with van der Waals surface area (Å²) in [7, 11) is 0. The fourth-order valence-corrected chi connectivity index (χ4v) is 3.31. The van der Waals surface area contributed by atoms with Gasteiger partial charge in [-0.05, 0) is 42.6 Å². The minimum absolute atomic E-state index is 0.0694. The van der Waals surface area contributed by atoms with Crippen molar-refractivity contribution in [1.82, 2.24) is 9.55 Å². The van der Waals surface area contributed by atoms with E-state index in [1.165, 1.54) is 17.7 Å². The summed E-state index contributed by atoms with van der Waals surface area (Å²) in [4.78, 5) is 16.1. The summed E-state index contributed by atoms with van der Waals surface area (Å²) in [5.41, 5.74) is 4.00. The molecule has 3 aromatic carbocycles. The third-order valence-corrected chi connectivity index (χ3v) is 4.42. The first-order chi connectivity index (χ1) is 12.2. The molecule has 4 nitrogen and oxygen atoms in total. The number of hydrogen-bond donors (Lipinski definition) is 1. The second-order valence-corrected chi connectivity index (χ2v) is 6.09. The molecular formula is C21H19N3O. The van der Waals surface area contributed by atoms with Crippen molar-refractivity contribution in [2.45, 2.75) is 20.4 Å². The minimum Gasteiger partial charge on any atom is -0.326 e. The first kappa shape index (κ1) is 15.4. The molecule has 0 bridgehead atoms. The number of benzene rings is 3. The molecule has 0 spiro atoms. The number of amides is 1. The number of fused-ring (bicyclic) bond motifs is 3. The van der Waals surface area contributed by atoms with Gasteiger partial charge in [0, 0.05) is 30.1 Å². The number of aryl methyl sites for hydroxylation is 1. The Hall–Kier alpha value is -3.14. The van der Waals surface area contributed by atoms with Crippen LogP contribution in [0, 0.1) is 0 Å². The van der Waals surface area contributed by atoms with Crippen LogP contribution in [0.3, 0.4) is 0 Å². The molecule has 25 heavy (non-hydrogen) atoms. The first-order valence-corrected chi connectivity index (χ1v) is 8.43. The molecule has 1 heterocycles. The summed E-state index contributed by atoms with van der Waals surface area (Å²) >= 11 is 0. The second kappa shape index (κ2) is 6.06. The maximum absolute atomic E-state index is 11.2. The van der Waals surface area contributed by atoms with Crippen molar-refractivity contribution in [1.29, 1.82) is 0 Å². The summed E-state index contributed by atoms with van der Waals surface area (Å²) in [6.07, 6.45) is 0. The van der Waals surface area contributed by atoms with Crippen LogP contribution in [0.2, 0.25) is 0 Å². The number of hydrogen-bond acceptors (Lipinski definition) is 2. The van der Waals surface area contributed by atoms with Crippen LogP contribution >= 0.6 is 0 Å². The zero-order chi connectivity index (χ0) is 17.4. The third-order valence-electron chi connectivity index (χ3n) is 4.42. The number of nitrogens with zero attached hydrogens (tertiary/aromatic N) is 2. The monoisotopic (exact) mass is 329 g/mol. The lowest BCUT2D eigenvalue weighted by Gasteiger charge is -2.07. The molecular weight excluding hydrogens is 310 g/mol. The van der Waals surface area contributed by atoms with Crippen molar-refractivity contribution in [3.8, 4) is 11.4 Å². The van der Waals surface area contributed by atoms with Gasteiger partial charge >= 0.3 is 0 Å². The smallest absolute Gasteiger partial charge is 0.221 e. The Balaban J connectivity index is 1.89. The normalized spacial score (nSPS) is 11.1. The quantitative estimate of drug-likeness (QED) is 0.585. The Morgan fingerprint density at radius 3 is 2.52 bits per heavy atom. The van der Waals surface area contributed by atoms with E-state index in [0.717, 1.165) is 34.7 Å². The van der Waals surface area contributed by atoms with Crippen LogP contribution in [-0.2, 0) is 11.3 Å². The second-order valence-electron chi connectivity index (χ2n) is 6.09. The SMILES string of the molecule is CCn1c(-c2ccc(NC(C)=O)cc2)nc2c3ccccc3ccc21. The highest BCUT2D eigenvalue weighted by atomic mass is 16.1. The van der Waals surface area contributed by atoms with Crippen molar-refractivity contribution >= 4 is 33.4 Å². The fourth-order valence-electron chi connectivity index (χ4n) is 3.31. The van der Waals surface area contributed by atoms with E-state index >= 15 is 0 Å². The van der Waals surface area contributed by atoms with Crippen LogP contribution in [0.1, 0.15) is 13.8 Å². The van der Waals surface area contributed by atoms with Crippen molar-refractivity contribution < 1.29 is 4.79 Å². The Morgan fingerprint density at radius 2 is 1.80 bits per heavy atom. The topological polar surface area (TPSA) is 46.9 Å². The summed E-state index contributed by atoms with van der Waals surface area (Å²) < 4.78 is 2.23. The number of rotatable bonds is 3. The van der Waals surface area contributed by atoms with E-state index in [-0.39, 0.29) is 5.91 Å². The number of carbonyl (C=O) groups excluding carboxylic acids is 1. The summed E-state index contributed by atoms with van der Waals surface area (Å²) in [6, 6.07) is 20.4. The van der Waals surface area contributed by atoms with Crippen LogP contribution in [0.5, 0.6) is 0 Å². The molecule has 0 atom stereocenters. The molecule has 1 aromatic heterocycles. The molecule has 4 aromatic rings. The van der Waals surface area contributed by atoms with Gasteiger partial charge in [0.1, 0.15) is 5.82 Å². The lowest BCUT2D eigenvalue weighted by atomic mass is 10.1. The van der Waals surface area contributed by atoms with Crippen LogP contribution in [0.4, 0.5) is 5.69 Å². The molecule has 0 aliphatic rings. The van der Waals surface area contributed by atoms with Crippen LogP contribution < -0.4 is 5.32 Å². The lowest BCUT2D eigenvalue weighted by molar-refractivity contribution is -0.114. The first-order valence-electron chi connectivity index (χ1n) is 8.43. The standard InChI is InChI=1S/C21H19N3O/c1-3-24-19-13-10-15-6-4-5-7-18(15)20(19)23-21(24)16-8-11-17(12-9-16)22-14(2)25/h4-13H,3H2,1-2H3,(H,22,25). The number of aromatic nitrogens is 2. The lowest BCUT2D eigenvalue weighted by Crippen LogP contribution is -2.05. The molecule has 0 saturated heterocycles. The molecule has 4 rings (SSSR count). The predicted molar refractivity (Wildman–Crippen MR) is 103 cm³/mol. The van der Waals surface area contributed by atoms with Gasteiger partial charge in [0.25, 0.3) is 0 Å². The van der Waals surface area contributed by atoms with Gasteiger partial charge in [-0.15, -0.1) is 0 Å². The fraction of sp³-hybridized carbons (Fsp3) is 0.143. The van der Waals surface area contributed by atoms with Gasteiger partial charge in [0.15, 0.2) is 0 Å². The number of nitrogens with one attached hydrogen (secondary N) is 1. The Morgan fingerprint density at radius 1 is 1.04 bits per heavy atom. The zero-order valence-corrected chi connectivity index (χ0v) is 14.3. The maximum Gasteiger partial charge on any atom is 0.221 e. The van der Waals surface area contributed by atoms with Gasteiger partial charge in [-0.2, -0.15) is 0 Å². The Labute approximate surface area is 146 Å². The zero-order valence-electron chi connectivity index (χ0n) is 14.3. The molecule has 0 fully saturated rings. The van der Waals surface area contributed by atoms with Crippen LogP contribution in [-0.4, -0.2) is 15.5 Å². The highest BCUT2D eigenvalue weighted by Crippen LogP contribution is 2.30. The average molecular weight is 329 g/mol. The minimum atomic E-state index is -0.0694. The van der Waals surface area contributed by atoms with Gasteiger partial charge in [-0.1, -0.05) is 30.3 Å². The van der Waals surface area contributed by atoms with Crippen LogP contribution in [0.25, 0.3) is 33.2 Å². The van der Waals surface area contributed by atoms with E-state index in [4.69, 9.17) is 4.98 Å². The van der Waals surface area contributed by atoms with Crippen molar-refractivity contribution in [3.05, 3.63) is 60.7 Å². The predicted octanol–water partition coefficient (Wildman–Crippen LogP) is 4.83. The highest BCUT2D eigenvalue weighted by Gasteiger charge is 2.13. The molecule has 4 heteroatoms. The number of carbonyl (C=O) groups is 1. The van der Waals surface area contributed by atoms with E-state index in [0.29, 0.717) is 0 Å². The van der Waals surface area contributed by atoms with Crippen LogP contribution in [0.15, 0.2) is 60.7 Å². The van der Waals surface area contributed by atoms with Crippen molar-refractivity contribution in [3.63, 3.8) is 0 Å². The van der Waals surface area contributed by atoms with E-state index < -0.39 is 0 Å². The Kier molecular flexibility index (Phi) is 3.73. The third kappa shape index (κ3) is 2.66. The molecule has 0 saturated carbocycles. The molecule has 1 amide bonds. The summed E-state index contributed by atoms with van der Waals surface area (Å²) in [5, 5.41) is 5.16. The molecule has 1 N–H and O–H groups in total. The largest absolute Gasteiger partial charge is 0.326 e. The molecule has 0 radical (unpaired) electrons. The van der Waals surface area contributed by atoms with Crippen molar-refractivity contribution in [2.75, 3.05) is 5.32 Å². The molecule has 124 valence electrons. The van der Waals surface area contributed by atoms with Gasteiger partial charge in [0.2, 0.25) is 5.91 Å². The Bertz CT molecular complexity index is 1080. The molecule has 0 aliphatic heterocycles. The van der Waals surface area contributed by atoms with E-state index in [1.807, 2.05) is 30.3 Å². The van der Waals surface area contributed by atoms with Gasteiger partial charge in [-0.3, -0.25) is 4.79 Å². The van der Waals surface area contributed by atoms with Gasteiger partial charge in [0.05, 0.1) is 11.0 Å². The van der Waals surface area contributed by atoms with Gasteiger partial charge < -0.3 is 9.88 Å². The van der Waals surface area contributed by atoms with E-state index in [2.05, 4.69) is 47.1 Å². The van der Waals surface area contributed by atoms with Gasteiger partial charge in [-0.25, -0.2) is 4.98 Å². The molecule has 0 aliphatic carbocycles. The summed E-state index contributed by atoms with van der Waals surface area (Å²) in [6.45, 7) is 4.48. The molecule has 0 unspecified atom stereocenters. The maximum atomic E-state index is 11.2. The number of anilines is 1. The number of imidazole rings is 1. The van der Waals surface area contributed by atoms with E-state index in [1.54, 1.807) is 0 Å².